The van der Waals surface area contributed by atoms with Gasteiger partial charge < -0.3 is 5.11 Å². The second-order valence-corrected chi connectivity index (χ2v) is 4.52. The largest absolute Gasteiger partial charge is 0.507 e. The van der Waals surface area contributed by atoms with E-state index >= 15 is 0 Å². The maximum atomic E-state index is 13.1. The van der Waals surface area contributed by atoms with Crippen LogP contribution in [0.5, 0.6) is 5.75 Å². The number of phenols is 1. The van der Waals surface area contributed by atoms with Crippen LogP contribution in [0.2, 0.25) is 5.02 Å². The van der Waals surface area contributed by atoms with Crippen molar-refractivity contribution in [1.82, 2.24) is 0 Å². The number of halogens is 3. The molecule has 0 unspecified atom stereocenters. The van der Waals surface area contributed by atoms with Gasteiger partial charge in [-0.1, -0.05) is 45.7 Å². The van der Waals surface area contributed by atoms with Crippen LogP contribution in [-0.4, -0.2) is 5.11 Å². The van der Waals surface area contributed by atoms with Crippen LogP contribution in [0.1, 0.15) is 0 Å². The smallest absolute Gasteiger partial charge is 0.145 e. The Kier molecular flexibility index (Phi) is 3.17. The van der Waals surface area contributed by atoms with E-state index in [1.165, 1.54) is 6.07 Å². The van der Waals surface area contributed by atoms with E-state index in [0.717, 1.165) is 16.1 Å². The Morgan fingerprint density at radius 1 is 1.12 bits per heavy atom. The Bertz CT molecular complexity index is 543. The molecule has 2 aromatic rings. The predicted molar refractivity (Wildman–Crippen MR) is 66.2 cm³/mol. The second kappa shape index (κ2) is 4.44. The molecule has 0 aliphatic rings. The van der Waals surface area contributed by atoms with Gasteiger partial charge in [0.15, 0.2) is 0 Å². The molecule has 0 atom stereocenters. The lowest BCUT2D eigenvalue weighted by Crippen LogP contribution is -1.84. The molecule has 82 valence electrons. The summed E-state index contributed by atoms with van der Waals surface area (Å²) in [5.74, 6) is -0.760. The van der Waals surface area contributed by atoms with Gasteiger partial charge in [0.1, 0.15) is 11.6 Å². The van der Waals surface area contributed by atoms with Gasteiger partial charge in [0.2, 0.25) is 0 Å². The average molecular weight is 302 g/mol. The molecule has 0 saturated heterocycles. The molecule has 2 rings (SSSR count). The molecule has 4 heteroatoms. The molecular formula is C12H7BrClFO. The lowest BCUT2D eigenvalue weighted by atomic mass is 10.0. The summed E-state index contributed by atoms with van der Waals surface area (Å²) in [7, 11) is 0. The van der Waals surface area contributed by atoms with E-state index in [0.29, 0.717) is 5.56 Å². The minimum Gasteiger partial charge on any atom is -0.507 e. The molecule has 0 aromatic heterocycles. The summed E-state index contributed by atoms with van der Waals surface area (Å²) in [6.45, 7) is 0. The van der Waals surface area contributed by atoms with Crippen molar-refractivity contribution in [3.63, 3.8) is 0 Å². The Morgan fingerprint density at radius 2 is 1.81 bits per heavy atom. The second-order valence-electron chi connectivity index (χ2n) is 3.26. The van der Waals surface area contributed by atoms with Gasteiger partial charge in [-0.05, 0) is 17.7 Å². The van der Waals surface area contributed by atoms with Crippen LogP contribution in [0.3, 0.4) is 0 Å². The first-order valence-corrected chi connectivity index (χ1v) is 5.69. The molecule has 0 spiro atoms. The number of phenolic OH excluding ortho intramolecular Hbond substituents is 1. The zero-order valence-electron chi connectivity index (χ0n) is 8.05. The fraction of sp³-hybridized carbons (Fsp3) is 0. The summed E-state index contributed by atoms with van der Waals surface area (Å²) in [4.78, 5) is 0. The fourth-order valence-corrected chi connectivity index (χ4v) is 2.09. The molecule has 16 heavy (non-hydrogen) atoms. The SMILES string of the molecule is Oc1cc(F)c(Cl)cc1-c1ccccc1Br. The molecule has 1 N–H and O–H groups in total. The lowest BCUT2D eigenvalue weighted by Gasteiger charge is -2.08. The van der Waals surface area contributed by atoms with Crippen LogP contribution in [0.4, 0.5) is 4.39 Å². The third kappa shape index (κ3) is 2.06. The van der Waals surface area contributed by atoms with Crippen LogP contribution in [0, 0.1) is 5.82 Å². The van der Waals surface area contributed by atoms with E-state index in [1.54, 1.807) is 0 Å². The minimum absolute atomic E-state index is 0.0106. The van der Waals surface area contributed by atoms with Crippen molar-refractivity contribution in [2.24, 2.45) is 0 Å². The molecule has 0 heterocycles. The Hall–Kier alpha value is -1.06. The zero-order valence-corrected chi connectivity index (χ0v) is 10.4. The Morgan fingerprint density at radius 3 is 2.50 bits per heavy atom. The summed E-state index contributed by atoms with van der Waals surface area (Å²) >= 11 is 9.05. The summed E-state index contributed by atoms with van der Waals surface area (Å²) in [5.41, 5.74) is 1.26. The molecule has 0 radical (unpaired) electrons. The molecule has 0 bridgehead atoms. The van der Waals surface area contributed by atoms with Crippen molar-refractivity contribution in [3.05, 3.63) is 51.7 Å². The van der Waals surface area contributed by atoms with Gasteiger partial charge in [-0.15, -0.1) is 0 Å². The first-order valence-electron chi connectivity index (χ1n) is 4.52. The van der Waals surface area contributed by atoms with Crippen molar-refractivity contribution in [2.45, 2.75) is 0 Å². The third-order valence-electron chi connectivity index (χ3n) is 2.20. The normalized spacial score (nSPS) is 10.4. The minimum atomic E-state index is -0.630. The first kappa shape index (κ1) is 11.4. The molecule has 1 nitrogen and oxygen atoms in total. The number of benzene rings is 2. The zero-order chi connectivity index (χ0) is 11.7. The number of hydrogen-bond acceptors (Lipinski definition) is 1. The highest BCUT2D eigenvalue weighted by Gasteiger charge is 2.11. The maximum absolute atomic E-state index is 13.1. The highest BCUT2D eigenvalue weighted by molar-refractivity contribution is 9.10. The van der Waals surface area contributed by atoms with Gasteiger partial charge in [0.25, 0.3) is 0 Å². The molecule has 0 amide bonds. The highest BCUT2D eigenvalue weighted by Crippen LogP contribution is 2.37. The monoisotopic (exact) mass is 300 g/mol. The summed E-state index contributed by atoms with van der Waals surface area (Å²) in [6, 6.07) is 9.76. The van der Waals surface area contributed by atoms with E-state index in [1.807, 2.05) is 24.3 Å². The van der Waals surface area contributed by atoms with E-state index in [2.05, 4.69) is 15.9 Å². The Labute approximate surface area is 106 Å². The molecule has 0 saturated carbocycles. The molecule has 0 aliphatic heterocycles. The van der Waals surface area contributed by atoms with Crippen LogP contribution < -0.4 is 0 Å². The standard InChI is InChI=1S/C12H7BrClFO/c13-9-4-2-1-3-7(9)8-5-10(14)11(15)6-12(8)16/h1-6,16H. The van der Waals surface area contributed by atoms with Crippen molar-refractivity contribution in [1.29, 1.82) is 0 Å². The topological polar surface area (TPSA) is 20.2 Å². The molecule has 2 aromatic carbocycles. The molecule has 0 fully saturated rings. The van der Waals surface area contributed by atoms with Crippen LogP contribution in [0.25, 0.3) is 11.1 Å². The van der Waals surface area contributed by atoms with Gasteiger partial charge in [0.05, 0.1) is 5.02 Å². The van der Waals surface area contributed by atoms with Crippen molar-refractivity contribution < 1.29 is 9.50 Å². The van der Waals surface area contributed by atoms with Crippen molar-refractivity contribution in [2.75, 3.05) is 0 Å². The van der Waals surface area contributed by atoms with Crippen molar-refractivity contribution >= 4 is 27.5 Å². The lowest BCUT2D eigenvalue weighted by molar-refractivity contribution is 0.471. The fourth-order valence-electron chi connectivity index (χ4n) is 1.43. The quantitative estimate of drug-likeness (QED) is 0.815. The summed E-state index contributed by atoms with van der Waals surface area (Å²) < 4.78 is 13.9. The number of hydrogen-bond donors (Lipinski definition) is 1. The van der Waals surface area contributed by atoms with Crippen LogP contribution in [-0.2, 0) is 0 Å². The van der Waals surface area contributed by atoms with Gasteiger partial charge in [-0.25, -0.2) is 4.39 Å². The summed E-state index contributed by atoms with van der Waals surface area (Å²) in [5, 5.41) is 9.66. The first-order chi connectivity index (χ1) is 7.59. The van der Waals surface area contributed by atoms with Crippen LogP contribution >= 0.6 is 27.5 Å². The Balaban J connectivity index is 2.65. The van der Waals surface area contributed by atoms with Gasteiger partial charge >= 0.3 is 0 Å². The number of aromatic hydroxyl groups is 1. The number of rotatable bonds is 1. The maximum Gasteiger partial charge on any atom is 0.145 e. The molecular weight excluding hydrogens is 294 g/mol. The van der Waals surface area contributed by atoms with Gasteiger partial charge in [0, 0.05) is 16.1 Å². The average Bonchev–Trinajstić information content (AvgIpc) is 2.25. The van der Waals surface area contributed by atoms with E-state index < -0.39 is 5.82 Å². The molecule has 0 aliphatic carbocycles. The van der Waals surface area contributed by atoms with Gasteiger partial charge in [-0.2, -0.15) is 0 Å². The van der Waals surface area contributed by atoms with Crippen LogP contribution in [0.15, 0.2) is 40.9 Å². The summed E-state index contributed by atoms with van der Waals surface area (Å²) in [6.07, 6.45) is 0. The highest BCUT2D eigenvalue weighted by atomic mass is 79.9. The third-order valence-corrected chi connectivity index (χ3v) is 3.18. The predicted octanol–water partition coefficient (Wildman–Crippen LogP) is 4.61. The van der Waals surface area contributed by atoms with Gasteiger partial charge in [-0.3, -0.25) is 0 Å². The van der Waals surface area contributed by atoms with Crippen molar-refractivity contribution in [3.8, 4) is 16.9 Å². The van der Waals surface area contributed by atoms with E-state index in [4.69, 9.17) is 11.6 Å². The van der Waals surface area contributed by atoms with E-state index in [9.17, 15) is 9.50 Å². The van der Waals surface area contributed by atoms with E-state index in [-0.39, 0.29) is 10.8 Å².